The van der Waals surface area contributed by atoms with Gasteiger partial charge in [0, 0.05) is 12.1 Å². The molecule has 1 unspecified atom stereocenters. The van der Waals surface area contributed by atoms with Gasteiger partial charge in [-0.25, -0.2) is 14.3 Å². The minimum Gasteiger partial charge on any atom is -0.465 e. The lowest BCUT2D eigenvalue weighted by molar-refractivity contribution is -0.121. The minimum atomic E-state index is -1.34. The topological polar surface area (TPSA) is 146 Å². The van der Waals surface area contributed by atoms with Crippen LogP contribution in [0.5, 0.6) is 0 Å². The molecule has 0 aromatic heterocycles. The molecule has 0 spiro atoms. The number of hydrogen-bond donors (Lipinski definition) is 1. The van der Waals surface area contributed by atoms with E-state index in [4.69, 9.17) is 33.3 Å². The number of hydrogen-bond acceptors (Lipinski definition) is 11. The molecular weight excluding hydrogens is 517 g/mol. The van der Waals surface area contributed by atoms with Crippen LogP contribution in [0.25, 0.3) is 0 Å². The fourth-order valence-electron chi connectivity index (χ4n) is 3.32. The van der Waals surface area contributed by atoms with E-state index in [2.05, 4.69) is 43.8 Å². The van der Waals surface area contributed by atoms with Crippen LogP contribution < -0.4 is 5.32 Å². The lowest BCUT2D eigenvalue weighted by Gasteiger charge is -2.35. The number of methoxy groups -OCH3 is 2. The van der Waals surface area contributed by atoms with Crippen LogP contribution in [-0.4, -0.2) is 88.5 Å². The monoisotopic (exact) mass is 555 g/mol. The molecule has 1 rings (SSSR count). The first-order valence-corrected chi connectivity index (χ1v) is 13.3. The summed E-state index contributed by atoms with van der Waals surface area (Å²) in [6, 6.07) is 6.85. The van der Waals surface area contributed by atoms with Gasteiger partial charge >= 0.3 is 11.9 Å². The van der Waals surface area contributed by atoms with E-state index >= 15 is 0 Å². The summed E-state index contributed by atoms with van der Waals surface area (Å²) in [6.45, 7) is 9.20. The molecule has 0 fully saturated rings. The molecule has 38 heavy (non-hydrogen) atoms. The van der Waals surface area contributed by atoms with Gasteiger partial charge in [0.25, 0.3) is 8.53 Å². The van der Waals surface area contributed by atoms with Gasteiger partial charge in [-0.2, -0.15) is 5.26 Å². The van der Waals surface area contributed by atoms with Gasteiger partial charge in [-0.15, -0.1) is 0 Å². The molecular formula is C25H38N3O9P. The first-order valence-electron chi connectivity index (χ1n) is 12.1. The van der Waals surface area contributed by atoms with Crippen molar-refractivity contribution in [1.82, 2.24) is 4.67 Å². The summed E-state index contributed by atoms with van der Waals surface area (Å²) in [5.41, 5.74) is -0.0339. The van der Waals surface area contributed by atoms with Crippen molar-refractivity contribution in [2.24, 2.45) is 0 Å². The van der Waals surface area contributed by atoms with E-state index in [1.54, 1.807) is 0 Å². The molecule has 0 aliphatic heterocycles. The SMILES string of the molecule is COC(=O)c1cccc(NC(=O)COCCOCCOP(OCCC#N)N(C(C)C)C(C)C)c1C(=O)OC. The fourth-order valence-corrected chi connectivity index (χ4v) is 4.89. The van der Waals surface area contributed by atoms with Crippen LogP contribution >= 0.6 is 8.53 Å². The number of nitrogens with one attached hydrogen (secondary N) is 1. The number of anilines is 1. The van der Waals surface area contributed by atoms with E-state index in [1.807, 2.05) is 0 Å². The lowest BCUT2D eigenvalue weighted by atomic mass is 10.1. The van der Waals surface area contributed by atoms with E-state index in [-0.39, 0.29) is 55.1 Å². The minimum absolute atomic E-state index is 0.0299. The molecule has 1 atom stereocenters. The average Bonchev–Trinajstić information content (AvgIpc) is 2.88. The summed E-state index contributed by atoms with van der Waals surface area (Å²) in [5, 5.41) is 11.3. The predicted octanol–water partition coefficient (Wildman–Crippen LogP) is 3.52. The molecule has 12 nitrogen and oxygen atoms in total. The van der Waals surface area contributed by atoms with Crippen LogP contribution in [0.3, 0.4) is 0 Å². The summed E-state index contributed by atoms with van der Waals surface area (Å²) in [6.07, 6.45) is 0.286. The quantitative estimate of drug-likeness (QED) is 0.161. The van der Waals surface area contributed by atoms with Crippen molar-refractivity contribution in [1.29, 1.82) is 5.26 Å². The van der Waals surface area contributed by atoms with Gasteiger partial charge in [-0.1, -0.05) is 6.07 Å². The van der Waals surface area contributed by atoms with Crippen molar-refractivity contribution in [3.05, 3.63) is 29.3 Å². The van der Waals surface area contributed by atoms with Gasteiger partial charge in [0.05, 0.1) is 76.6 Å². The van der Waals surface area contributed by atoms with Gasteiger partial charge in [-0.3, -0.25) is 4.79 Å². The maximum atomic E-state index is 12.3. The molecule has 212 valence electrons. The molecule has 0 saturated carbocycles. The number of nitriles is 1. The third kappa shape index (κ3) is 11.4. The Kier molecular flexibility index (Phi) is 16.3. The lowest BCUT2D eigenvalue weighted by Crippen LogP contribution is -2.34. The second kappa shape index (κ2) is 18.6. The van der Waals surface area contributed by atoms with Gasteiger partial charge in [0.15, 0.2) is 0 Å². The summed E-state index contributed by atoms with van der Waals surface area (Å²) < 4.78 is 34.1. The number of carbonyl (C=O) groups excluding carboxylic acids is 3. The number of benzene rings is 1. The van der Waals surface area contributed by atoms with Crippen LogP contribution in [0.15, 0.2) is 18.2 Å². The largest absolute Gasteiger partial charge is 0.465 e. The molecule has 13 heteroatoms. The Labute approximate surface area is 225 Å². The van der Waals surface area contributed by atoms with E-state index in [0.717, 1.165) is 0 Å². The number of amides is 1. The summed E-state index contributed by atoms with van der Waals surface area (Å²) in [5.74, 6) is -2.05. The summed E-state index contributed by atoms with van der Waals surface area (Å²) in [4.78, 5) is 36.5. The number of carbonyl (C=O) groups is 3. The van der Waals surface area contributed by atoms with Gasteiger partial charge in [0.1, 0.15) is 6.61 Å². The van der Waals surface area contributed by atoms with Crippen LogP contribution in [0.1, 0.15) is 54.8 Å². The Bertz CT molecular complexity index is 929. The molecule has 1 aromatic rings. The van der Waals surface area contributed by atoms with Gasteiger partial charge < -0.3 is 33.3 Å². The maximum absolute atomic E-state index is 12.3. The number of nitrogens with zero attached hydrogens (tertiary/aromatic N) is 2. The Hall–Kier alpha value is -2.65. The van der Waals surface area contributed by atoms with Crippen molar-refractivity contribution in [3.63, 3.8) is 0 Å². The molecule has 0 bridgehead atoms. The summed E-state index contributed by atoms with van der Waals surface area (Å²) >= 11 is 0. The van der Waals surface area contributed by atoms with Crippen molar-refractivity contribution in [2.75, 3.05) is 59.2 Å². The molecule has 0 radical (unpaired) electrons. The normalized spacial score (nSPS) is 11.9. The maximum Gasteiger partial charge on any atom is 0.340 e. The standard InChI is InChI=1S/C25H38N3O9P/c1-18(2)28(19(3)4)38(36-12-8-11-26)37-16-15-34-13-14-35-17-22(29)27-21-10-7-9-20(24(30)32-5)23(21)25(31)33-6/h7,9-10,18-19H,8,12-17H2,1-6H3,(H,27,29). The van der Waals surface area contributed by atoms with Gasteiger partial charge in [0.2, 0.25) is 5.91 Å². The zero-order chi connectivity index (χ0) is 28.5. The fraction of sp³-hybridized carbons (Fsp3) is 0.600. The molecule has 0 saturated heterocycles. The van der Waals surface area contributed by atoms with Crippen LogP contribution in [-0.2, 0) is 32.8 Å². The predicted molar refractivity (Wildman–Crippen MR) is 141 cm³/mol. The van der Waals surface area contributed by atoms with Crippen molar-refractivity contribution in [3.8, 4) is 6.07 Å². The molecule has 1 N–H and O–H groups in total. The Morgan fingerprint density at radius 1 is 0.921 bits per heavy atom. The Morgan fingerprint density at radius 3 is 2.13 bits per heavy atom. The first kappa shape index (κ1) is 33.4. The average molecular weight is 556 g/mol. The number of ether oxygens (including phenoxy) is 4. The van der Waals surface area contributed by atoms with Crippen molar-refractivity contribution < 1.29 is 42.4 Å². The molecule has 0 aliphatic rings. The van der Waals surface area contributed by atoms with Crippen LogP contribution in [0.2, 0.25) is 0 Å². The smallest absolute Gasteiger partial charge is 0.340 e. The molecule has 1 aromatic carbocycles. The first-order chi connectivity index (χ1) is 18.2. The highest BCUT2D eigenvalue weighted by Gasteiger charge is 2.27. The van der Waals surface area contributed by atoms with Crippen molar-refractivity contribution >= 4 is 32.1 Å². The highest BCUT2D eigenvalue weighted by Crippen LogP contribution is 2.45. The molecule has 0 heterocycles. The van der Waals surface area contributed by atoms with E-state index in [9.17, 15) is 14.4 Å². The van der Waals surface area contributed by atoms with E-state index in [0.29, 0.717) is 19.8 Å². The number of rotatable bonds is 18. The number of esters is 2. The zero-order valence-corrected chi connectivity index (χ0v) is 23.7. The molecule has 0 aliphatic carbocycles. The van der Waals surface area contributed by atoms with Crippen molar-refractivity contribution in [2.45, 2.75) is 46.2 Å². The Balaban J connectivity index is 2.47. The van der Waals surface area contributed by atoms with Gasteiger partial charge in [-0.05, 0) is 39.8 Å². The third-order valence-corrected chi connectivity index (χ3v) is 6.94. The highest BCUT2D eigenvalue weighted by atomic mass is 31.2. The summed E-state index contributed by atoms with van der Waals surface area (Å²) in [7, 11) is 1.02. The van der Waals surface area contributed by atoms with Crippen LogP contribution in [0.4, 0.5) is 5.69 Å². The second-order valence-corrected chi connectivity index (χ2v) is 9.76. The third-order valence-electron chi connectivity index (χ3n) is 4.83. The zero-order valence-electron chi connectivity index (χ0n) is 22.9. The highest BCUT2D eigenvalue weighted by molar-refractivity contribution is 7.44. The van der Waals surface area contributed by atoms with E-state index < -0.39 is 26.4 Å². The molecule has 1 amide bonds. The second-order valence-electron chi connectivity index (χ2n) is 8.30. The van der Waals surface area contributed by atoms with Crippen LogP contribution in [0, 0.1) is 11.3 Å². The Morgan fingerprint density at radius 2 is 1.53 bits per heavy atom. The van der Waals surface area contributed by atoms with E-state index in [1.165, 1.54) is 32.4 Å².